The lowest BCUT2D eigenvalue weighted by Gasteiger charge is -2.40. The number of carboxylic acid groups (broad SMARTS) is 1. The number of aliphatic carboxylic acids is 1. The van der Waals surface area contributed by atoms with E-state index in [-0.39, 0.29) is 4.75 Å². The van der Waals surface area contributed by atoms with Gasteiger partial charge in [0.1, 0.15) is 0 Å². The molecule has 0 aromatic heterocycles. The van der Waals surface area contributed by atoms with Gasteiger partial charge in [0.05, 0.1) is 6.61 Å². The lowest BCUT2D eigenvalue weighted by molar-refractivity contribution is -0.140. The molecular weight excluding hydrogens is 244 g/mol. The average molecular weight is 262 g/mol. The number of rotatable bonds is 6. The number of aliphatic hydroxyl groups is 1. The zero-order valence-electron chi connectivity index (χ0n) is 9.73. The molecule has 4 N–H and O–H groups in total. The van der Waals surface area contributed by atoms with Crippen LogP contribution in [0.5, 0.6) is 0 Å². The van der Waals surface area contributed by atoms with E-state index in [9.17, 15) is 9.59 Å². The van der Waals surface area contributed by atoms with Crippen molar-refractivity contribution in [1.29, 1.82) is 0 Å². The Morgan fingerprint density at radius 2 is 2.12 bits per heavy atom. The number of amides is 2. The Morgan fingerprint density at radius 3 is 2.47 bits per heavy atom. The summed E-state index contributed by atoms with van der Waals surface area (Å²) in [6.45, 7) is -0.0891. The van der Waals surface area contributed by atoms with Crippen molar-refractivity contribution in [2.75, 3.05) is 19.4 Å². The highest BCUT2D eigenvalue weighted by molar-refractivity contribution is 8.00. The molecule has 7 heteroatoms. The fourth-order valence-corrected chi connectivity index (χ4v) is 2.57. The number of carboxylic acids is 1. The van der Waals surface area contributed by atoms with Crippen LogP contribution >= 0.6 is 11.8 Å². The van der Waals surface area contributed by atoms with Gasteiger partial charge in [-0.2, -0.15) is 11.8 Å². The third-order valence-electron chi connectivity index (χ3n) is 3.05. The van der Waals surface area contributed by atoms with Crippen LogP contribution < -0.4 is 10.6 Å². The summed E-state index contributed by atoms with van der Waals surface area (Å²) in [6.07, 6.45) is 5.30. The van der Waals surface area contributed by atoms with Gasteiger partial charge < -0.3 is 20.8 Å². The molecular formula is C10H18N2O4S. The maximum atomic E-state index is 11.4. The van der Waals surface area contributed by atoms with Crippen molar-refractivity contribution in [2.24, 2.45) is 0 Å². The van der Waals surface area contributed by atoms with Gasteiger partial charge in [0.25, 0.3) is 0 Å². The van der Waals surface area contributed by atoms with Gasteiger partial charge in [-0.1, -0.05) is 6.42 Å². The van der Waals surface area contributed by atoms with Crippen molar-refractivity contribution in [3.05, 3.63) is 0 Å². The standard InChI is InChI=1S/C10H18N2O4S/c1-17-10(3-2-4-10)6-11-9(16)12-7(5-13)8(14)15/h7,13H,2-6H2,1H3,(H,14,15)(H2,11,12,16). The molecule has 0 bridgehead atoms. The van der Waals surface area contributed by atoms with Gasteiger partial charge in [0, 0.05) is 11.3 Å². The summed E-state index contributed by atoms with van der Waals surface area (Å²) in [6, 6.07) is -1.80. The van der Waals surface area contributed by atoms with Crippen molar-refractivity contribution >= 4 is 23.8 Å². The predicted molar refractivity (Wildman–Crippen MR) is 65.1 cm³/mol. The Labute approximate surface area is 104 Å². The highest BCUT2D eigenvalue weighted by Crippen LogP contribution is 2.42. The van der Waals surface area contributed by atoms with Crippen molar-refractivity contribution < 1.29 is 19.8 Å². The van der Waals surface area contributed by atoms with Crippen molar-refractivity contribution in [2.45, 2.75) is 30.1 Å². The molecule has 17 heavy (non-hydrogen) atoms. The molecule has 1 rings (SSSR count). The van der Waals surface area contributed by atoms with Crippen molar-refractivity contribution in [3.8, 4) is 0 Å². The number of hydrogen-bond donors (Lipinski definition) is 4. The smallest absolute Gasteiger partial charge is 0.328 e. The average Bonchev–Trinajstić information content (AvgIpc) is 2.24. The minimum Gasteiger partial charge on any atom is -0.480 e. The van der Waals surface area contributed by atoms with Gasteiger partial charge in [-0.05, 0) is 19.1 Å². The number of nitrogens with one attached hydrogen (secondary N) is 2. The van der Waals surface area contributed by atoms with Crippen LogP contribution in [0.15, 0.2) is 0 Å². The highest BCUT2D eigenvalue weighted by Gasteiger charge is 2.36. The fourth-order valence-electron chi connectivity index (χ4n) is 1.66. The van der Waals surface area contributed by atoms with Gasteiger partial charge in [0.2, 0.25) is 0 Å². The minimum atomic E-state index is -1.25. The monoisotopic (exact) mass is 262 g/mol. The van der Waals surface area contributed by atoms with Crippen LogP contribution in [0.3, 0.4) is 0 Å². The first-order valence-corrected chi connectivity index (χ1v) is 6.69. The third-order valence-corrected chi connectivity index (χ3v) is 4.47. The summed E-state index contributed by atoms with van der Waals surface area (Å²) in [5.41, 5.74) is 0. The first kappa shape index (κ1) is 14.1. The zero-order valence-corrected chi connectivity index (χ0v) is 10.5. The molecule has 0 aromatic carbocycles. The highest BCUT2D eigenvalue weighted by atomic mass is 32.2. The number of carbonyl (C=O) groups excluding carboxylic acids is 1. The van der Waals surface area contributed by atoms with Gasteiger partial charge in [-0.15, -0.1) is 0 Å². The molecule has 0 saturated heterocycles. The second-order valence-corrected chi connectivity index (χ2v) is 5.42. The molecule has 0 aromatic rings. The molecule has 98 valence electrons. The molecule has 1 aliphatic rings. The van der Waals surface area contributed by atoms with Crippen LogP contribution in [-0.4, -0.2) is 52.4 Å². The van der Waals surface area contributed by atoms with Crippen molar-refractivity contribution in [3.63, 3.8) is 0 Å². The minimum absolute atomic E-state index is 0.106. The summed E-state index contributed by atoms with van der Waals surface area (Å²) in [5.74, 6) is -1.24. The molecule has 0 spiro atoms. The largest absolute Gasteiger partial charge is 0.480 e. The predicted octanol–water partition coefficient (Wildman–Crippen LogP) is 0.0168. The molecule has 0 aliphatic heterocycles. The second kappa shape index (κ2) is 6.11. The van der Waals surface area contributed by atoms with Crippen LogP contribution in [0, 0.1) is 0 Å². The Bertz CT molecular complexity index is 289. The number of aliphatic hydroxyl groups excluding tert-OH is 1. The molecule has 1 aliphatic carbocycles. The Hall–Kier alpha value is -0.950. The van der Waals surface area contributed by atoms with Crippen LogP contribution in [0.2, 0.25) is 0 Å². The van der Waals surface area contributed by atoms with E-state index >= 15 is 0 Å². The Kier molecular flexibility index (Phi) is 5.07. The van der Waals surface area contributed by atoms with E-state index in [1.165, 1.54) is 6.42 Å². The molecule has 0 radical (unpaired) electrons. The van der Waals surface area contributed by atoms with Gasteiger partial charge in [-0.25, -0.2) is 9.59 Å². The van der Waals surface area contributed by atoms with E-state index in [1.54, 1.807) is 11.8 Å². The topological polar surface area (TPSA) is 98.7 Å². The van der Waals surface area contributed by atoms with E-state index in [1.807, 2.05) is 6.26 Å². The van der Waals surface area contributed by atoms with Crippen LogP contribution in [-0.2, 0) is 4.79 Å². The van der Waals surface area contributed by atoms with E-state index in [0.29, 0.717) is 6.54 Å². The molecule has 0 heterocycles. The number of thioether (sulfide) groups is 1. The molecule has 1 fully saturated rings. The first-order chi connectivity index (χ1) is 8.03. The summed E-state index contributed by atoms with van der Waals surface area (Å²) in [5, 5.41) is 22.2. The zero-order chi connectivity index (χ0) is 12.9. The van der Waals surface area contributed by atoms with Crippen LogP contribution in [0.1, 0.15) is 19.3 Å². The van der Waals surface area contributed by atoms with E-state index < -0.39 is 24.6 Å². The molecule has 1 atom stereocenters. The summed E-state index contributed by atoms with van der Waals surface area (Å²) in [4.78, 5) is 22.0. The summed E-state index contributed by atoms with van der Waals surface area (Å²) in [7, 11) is 0. The third kappa shape index (κ3) is 3.78. The quantitative estimate of drug-likeness (QED) is 0.541. The SMILES string of the molecule is CSC1(CNC(=O)NC(CO)C(=O)O)CCC1. The maximum absolute atomic E-state index is 11.4. The second-order valence-electron chi connectivity index (χ2n) is 4.14. The number of urea groups is 1. The van der Waals surface area contributed by atoms with Gasteiger partial charge in [-0.3, -0.25) is 0 Å². The van der Waals surface area contributed by atoms with Crippen molar-refractivity contribution in [1.82, 2.24) is 10.6 Å². The fraction of sp³-hybridized carbons (Fsp3) is 0.800. The van der Waals surface area contributed by atoms with Crippen LogP contribution in [0.25, 0.3) is 0 Å². The Balaban J connectivity index is 2.32. The van der Waals surface area contributed by atoms with E-state index in [4.69, 9.17) is 10.2 Å². The molecule has 1 saturated carbocycles. The molecule has 2 amide bonds. The van der Waals surface area contributed by atoms with Crippen LogP contribution in [0.4, 0.5) is 4.79 Å². The first-order valence-electron chi connectivity index (χ1n) is 5.46. The normalized spacial score (nSPS) is 18.9. The number of hydrogen-bond acceptors (Lipinski definition) is 4. The summed E-state index contributed by atoms with van der Waals surface area (Å²) < 4.78 is 0.106. The lowest BCUT2D eigenvalue weighted by atomic mass is 9.84. The summed E-state index contributed by atoms with van der Waals surface area (Å²) >= 11 is 1.72. The lowest BCUT2D eigenvalue weighted by Crippen LogP contribution is -2.52. The maximum Gasteiger partial charge on any atom is 0.328 e. The van der Waals surface area contributed by atoms with E-state index in [2.05, 4.69) is 10.6 Å². The number of carbonyl (C=O) groups is 2. The molecule has 6 nitrogen and oxygen atoms in total. The Morgan fingerprint density at radius 1 is 1.47 bits per heavy atom. The van der Waals surface area contributed by atoms with Gasteiger partial charge >= 0.3 is 12.0 Å². The molecule has 1 unspecified atom stereocenters. The van der Waals surface area contributed by atoms with Gasteiger partial charge in [0.15, 0.2) is 6.04 Å². The van der Waals surface area contributed by atoms with E-state index in [0.717, 1.165) is 12.8 Å².